The SMILES string of the molecule is C=C/C=C\C(=C/C)CC/C=C\C=C/NC. The molecule has 0 fully saturated rings. The Morgan fingerprint density at radius 3 is 2.67 bits per heavy atom. The lowest BCUT2D eigenvalue weighted by Gasteiger charge is -1.96. The zero-order valence-corrected chi connectivity index (χ0v) is 9.74. The molecule has 0 aromatic rings. The average Bonchev–Trinajstić information content (AvgIpc) is 2.27. The number of hydrogen-bond acceptors (Lipinski definition) is 1. The third-order valence-corrected chi connectivity index (χ3v) is 1.93. The summed E-state index contributed by atoms with van der Waals surface area (Å²) in [4.78, 5) is 0. The van der Waals surface area contributed by atoms with Gasteiger partial charge in [-0.2, -0.15) is 0 Å². The Labute approximate surface area is 93.6 Å². The summed E-state index contributed by atoms with van der Waals surface area (Å²) >= 11 is 0. The number of rotatable bonds is 7. The molecule has 0 amide bonds. The van der Waals surface area contributed by atoms with E-state index in [0.717, 1.165) is 12.8 Å². The molecule has 82 valence electrons. The molecule has 0 atom stereocenters. The molecule has 0 aliphatic rings. The fraction of sp³-hybridized carbons (Fsp3) is 0.286. The first-order valence-corrected chi connectivity index (χ1v) is 5.28. The summed E-state index contributed by atoms with van der Waals surface area (Å²) in [7, 11) is 1.89. The van der Waals surface area contributed by atoms with Crippen LogP contribution in [0.2, 0.25) is 0 Å². The van der Waals surface area contributed by atoms with E-state index >= 15 is 0 Å². The molecule has 0 spiro atoms. The minimum atomic E-state index is 1.06. The third-order valence-electron chi connectivity index (χ3n) is 1.93. The van der Waals surface area contributed by atoms with Crippen LogP contribution in [-0.2, 0) is 0 Å². The highest BCUT2D eigenvalue weighted by molar-refractivity contribution is 5.21. The van der Waals surface area contributed by atoms with Gasteiger partial charge in [-0.3, -0.25) is 0 Å². The van der Waals surface area contributed by atoms with Gasteiger partial charge in [-0.15, -0.1) is 0 Å². The van der Waals surface area contributed by atoms with Crippen LogP contribution in [0.5, 0.6) is 0 Å². The molecule has 0 unspecified atom stereocenters. The molecule has 0 aromatic heterocycles. The summed E-state index contributed by atoms with van der Waals surface area (Å²) < 4.78 is 0. The number of hydrogen-bond donors (Lipinski definition) is 1. The van der Waals surface area contributed by atoms with E-state index in [2.05, 4.69) is 43.1 Å². The van der Waals surface area contributed by atoms with Crippen LogP contribution in [0.15, 0.2) is 60.9 Å². The van der Waals surface area contributed by atoms with Gasteiger partial charge in [-0.25, -0.2) is 0 Å². The lowest BCUT2D eigenvalue weighted by atomic mass is 10.1. The van der Waals surface area contributed by atoms with Crippen LogP contribution in [0.4, 0.5) is 0 Å². The van der Waals surface area contributed by atoms with Gasteiger partial charge in [-0.1, -0.05) is 48.6 Å². The van der Waals surface area contributed by atoms with Crippen molar-refractivity contribution in [2.24, 2.45) is 0 Å². The van der Waals surface area contributed by atoms with Crippen LogP contribution in [0.3, 0.4) is 0 Å². The molecule has 0 aromatic carbocycles. The van der Waals surface area contributed by atoms with Crippen LogP contribution in [-0.4, -0.2) is 7.05 Å². The van der Waals surface area contributed by atoms with Gasteiger partial charge < -0.3 is 5.32 Å². The molecule has 0 aliphatic heterocycles. The van der Waals surface area contributed by atoms with Crippen molar-refractivity contribution in [3.63, 3.8) is 0 Å². The molecule has 0 saturated heterocycles. The summed E-state index contributed by atoms with van der Waals surface area (Å²) in [5.41, 5.74) is 1.34. The van der Waals surface area contributed by atoms with E-state index in [1.807, 2.05) is 25.4 Å². The van der Waals surface area contributed by atoms with E-state index in [-0.39, 0.29) is 0 Å². The Kier molecular flexibility index (Phi) is 9.52. The maximum absolute atomic E-state index is 3.65. The van der Waals surface area contributed by atoms with Gasteiger partial charge in [0.25, 0.3) is 0 Å². The largest absolute Gasteiger partial charge is 0.394 e. The normalized spacial score (nSPS) is 13.1. The second-order valence-electron chi connectivity index (χ2n) is 3.07. The van der Waals surface area contributed by atoms with E-state index in [4.69, 9.17) is 0 Å². The van der Waals surface area contributed by atoms with Crippen molar-refractivity contribution in [1.82, 2.24) is 5.32 Å². The van der Waals surface area contributed by atoms with Crippen molar-refractivity contribution >= 4 is 0 Å². The quantitative estimate of drug-likeness (QED) is 0.621. The zero-order valence-electron chi connectivity index (χ0n) is 9.74. The molecule has 1 heteroatoms. The summed E-state index contributed by atoms with van der Waals surface area (Å²) in [6, 6.07) is 0. The fourth-order valence-corrected chi connectivity index (χ4v) is 1.09. The molecule has 15 heavy (non-hydrogen) atoms. The molecule has 0 saturated carbocycles. The highest BCUT2D eigenvalue weighted by Crippen LogP contribution is 2.07. The second-order valence-corrected chi connectivity index (χ2v) is 3.07. The minimum Gasteiger partial charge on any atom is -0.394 e. The molecular formula is C14H21N. The van der Waals surface area contributed by atoms with E-state index in [1.54, 1.807) is 6.08 Å². The number of allylic oxidation sites excluding steroid dienone is 8. The summed E-state index contributed by atoms with van der Waals surface area (Å²) in [5, 5.41) is 2.94. The van der Waals surface area contributed by atoms with E-state index < -0.39 is 0 Å². The van der Waals surface area contributed by atoms with E-state index in [0.29, 0.717) is 0 Å². The predicted molar refractivity (Wildman–Crippen MR) is 69.7 cm³/mol. The summed E-state index contributed by atoms with van der Waals surface area (Å²) in [6.45, 7) is 5.72. The van der Waals surface area contributed by atoms with Crippen LogP contribution >= 0.6 is 0 Å². The second kappa shape index (κ2) is 10.6. The molecule has 1 N–H and O–H groups in total. The van der Waals surface area contributed by atoms with E-state index in [1.165, 1.54) is 5.57 Å². The smallest absolute Gasteiger partial charge is 0.00277 e. The lowest BCUT2D eigenvalue weighted by Crippen LogP contribution is -1.89. The number of nitrogens with one attached hydrogen (secondary N) is 1. The Hall–Kier alpha value is -1.50. The average molecular weight is 203 g/mol. The molecule has 0 bridgehead atoms. The van der Waals surface area contributed by atoms with Gasteiger partial charge in [0.1, 0.15) is 0 Å². The maximum Gasteiger partial charge on any atom is 0.00277 e. The zero-order chi connectivity index (χ0) is 11.4. The molecule has 1 nitrogen and oxygen atoms in total. The van der Waals surface area contributed by atoms with Gasteiger partial charge in [0.2, 0.25) is 0 Å². The van der Waals surface area contributed by atoms with Crippen LogP contribution < -0.4 is 5.32 Å². The van der Waals surface area contributed by atoms with Crippen LogP contribution in [0.25, 0.3) is 0 Å². The predicted octanol–water partition coefficient (Wildman–Crippen LogP) is 3.74. The lowest BCUT2D eigenvalue weighted by molar-refractivity contribution is 1.00. The summed E-state index contributed by atoms with van der Waals surface area (Å²) in [6.07, 6.45) is 18.3. The molecular weight excluding hydrogens is 182 g/mol. The molecule has 0 heterocycles. The topological polar surface area (TPSA) is 12.0 Å². The Morgan fingerprint density at radius 2 is 2.07 bits per heavy atom. The van der Waals surface area contributed by atoms with Gasteiger partial charge in [0, 0.05) is 7.05 Å². The van der Waals surface area contributed by atoms with Crippen molar-refractivity contribution in [2.45, 2.75) is 19.8 Å². The van der Waals surface area contributed by atoms with Crippen LogP contribution in [0, 0.1) is 0 Å². The highest BCUT2D eigenvalue weighted by atomic mass is 14.8. The Morgan fingerprint density at radius 1 is 1.27 bits per heavy atom. The van der Waals surface area contributed by atoms with Crippen molar-refractivity contribution in [1.29, 1.82) is 0 Å². The first-order valence-electron chi connectivity index (χ1n) is 5.28. The van der Waals surface area contributed by atoms with Gasteiger partial charge in [-0.05, 0) is 32.0 Å². The van der Waals surface area contributed by atoms with E-state index in [9.17, 15) is 0 Å². The first-order chi connectivity index (χ1) is 7.35. The summed E-state index contributed by atoms with van der Waals surface area (Å²) in [5.74, 6) is 0. The molecule has 0 rings (SSSR count). The van der Waals surface area contributed by atoms with Crippen molar-refractivity contribution in [2.75, 3.05) is 7.05 Å². The highest BCUT2D eigenvalue weighted by Gasteiger charge is 1.87. The maximum atomic E-state index is 3.65. The van der Waals surface area contributed by atoms with Crippen molar-refractivity contribution in [3.8, 4) is 0 Å². The van der Waals surface area contributed by atoms with Crippen molar-refractivity contribution in [3.05, 3.63) is 60.9 Å². The van der Waals surface area contributed by atoms with Gasteiger partial charge in [0.05, 0.1) is 0 Å². The molecule has 0 aliphatic carbocycles. The fourth-order valence-electron chi connectivity index (χ4n) is 1.09. The third kappa shape index (κ3) is 8.82. The van der Waals surface area contributed by atoms with Gasteiger partial charge in [0.15, 0.2) is 0 Å². The minimum absolute atomic E-state index is 1.06. The Balaban J connectivity index is 3.83. The van der Waals surface area contributed by atoms with Gasteiger partial charge >= 0.3 is 0 Å². The first kappa shape index (κ1) is 13.5. The van der Waals surface area contributed by atoms with Crippen molar-refractivity contribution < 1.29 is 0 Å². The monoisotopic (exact) mass is 203 g/mol. The Bertz CT molecular complexity index is 267. The standard InChI is InChI=1S/C14H21N/c1-4-6-11-14(5-2)12-9-7-8-10-13-15-3/h4-8,10-11,13,15H,1,9,12H2,2-3H3/b8-7-,11-6-,13-10-,14-5+. The molecule has 0 radical (unpaired) electrons. The van der Waals surface area contributed by atoms with Crippen LogP contribution in [0.1, 0.15) is 19.8 Å².